The van der Waals surface area contributed by atoms with Crippen molar-refractivity contribution in [1.82, 2.24) is 19.6 Å². The first-order valence-electron chi connectivity index (χ1n) is 7.08. The van der Waals surface area contributed by atoms with E-state index in [1.165, 1.54) is 12.5 Å². The molecule has 24 heavy (non-hydrogen) atoms. The number of anilines is 2. The molecule has 3 rings (SSSR count). The van der Waals surface area contributed by atoms with Crippen LogP contribution in [-0.4, -0.2) is 43.1 Å². The molecule has 0 unspecified atom stereocenters. The predicted molar refractivity (Wildman–Crippen MR) is 90.9 cm³/mol. The van der Waals surface area contributed by atoms with Crippen LogP contribution < -0.4 is 10.1 Å². The van der Waals surface area contributed by atoms with Crippen molar-refractivity contribution in [1.29, 1.82) is 0 Å². The van der Waals surface area contributed by atoms with Gasteiger partial charge in [0.05, 0.1) is 19.0 Å². The van der Waals surface area contributed by atoms with Crippen LogP contribution in [0.5, 0.6) is 5.75 Å². The largest absolute Gasteiger partial charge is 0.492 e. The molecule has 0 fully saturated rings. The number of thiazole rings is 1. The van der Waals surface area contributed by atoms with E-state index in [1.807, 2.05) is 6.92 Å². The number of nitrogens with one attached hydrogen (secondary N) is 1. The Hall–Kier alpha value is -2.39. The number of carbonyl (C=O) groups is 1. The van der Waals surface area contributed by atoms with Gasteiger partial charge in [-0.25, -0.2) is 19.3 Å². The number of rotatable bonds is 7. The molecular formula is C14H14ClN5O3S. The highest BCUT2D eigenvalue weighted by Gasteiger charge is 2.15. The van der Waals surface area contributed by atoms with Crippen molar-refractivity contribution in [2.75, 3.05) is 17.8 Å². The average molecular weight is 368 g/mol. The van der Waals surface area contributed by atoms with Gasteiger partial charge in [-0.05, 0) is 13.3 Å². The number of fused-ring (bicyclic) bond motifs is 1. The highest BCUT2D eigenvalue weighted by Crippen LogP contribution is 2.30. The lowest BCUT2D eigenvalue weighted by Crippen LogP contribution is -1.99. The van der Waals surface area contributed by atoms with Crippen LogP contribution in [0.25, 0.3) is 5.52 Å². The minimum absolute atomic E-state index is 0.153. The Balaban J connectivity index is 1.91. The Morgan fingerprint density at radius 1 is 1.50 bits per heavy atom. The highest BCUT2D eigenvalue weighted by molar-refractivity contribution is 7.17. The third-order valence-electron chi connectivity index (χ3n) is 3.26. The molecule has 0 amide bonds. The Morgan fingerprint density at radius 3 is 3.04 bits per heavy atom. The summed E-state index contributed by atoms with van der Waals surface area (Å²) in [7, 11) is 0. The van der Waals surface area contributed by atoms with E-state index >= 15 is 0 Å². The fourth-order valence-electron chi connectivity index (χ4n) is 2.14. The topological polar surface area (TPSA) is 102 Å². The number of nitrogens with zero attached hydrogens (tertiary/aromatic N) is 4. The average Bonchev–Trinajstić information content (AvgIpc) is 3.14. The third-order valence-corrected chi connectivity index (χ3v) is 4.43. The van der Waals surface area contributed by atoms with Crippen molar-refractivity contribution >= 4 is 45.4 Å². The number of aromatic nitrogens is 4. The van der Waals surface area contributed by atoms with Crippen LogP contribution in [-0.2, 0) is 0 Å². The summed E-state index contributed by atoms with van der Waals surface area (Å²) in [6, 6.07) is 0. The number of halogens is 1. The monoisotopic (exact) mass is 367 g/mol. The first kappa shape index (κ1) is 16.5. The summed E-state index contributed by atoms with van der Waals surface area (Å²) in [4.78, 5) is 19.4. The van der Waals surface area contributed by atoms with Gasteiger partial charge in [0, 0.05) is 11.4 Å². The van der Waals surface area contributed by atoms with Crippen molar-refractivity contribution in [3.63, 3.8) is 0 Å². The molecule has 0 aliphatic heterocycles. The smallest absolute Gasteiger partial charge is 0.347 e. The van der Waals surface area contributed by atoms with Gasteiger partial charge < -0.3 is 15.2 Å². The van der Waals surface area contributed by atoms with Crippen molar-refractivity contribution in [2.45, 2.75) is 13.3 Å². The van der Waals surface area contributed by atoms with E-state index in [2.05, 4.69) is 20.4 Å². The number of alkyl halides is 1. The van der Waals surface area contributed by atoms with Crippen molar-refractivity contribution in [2.24, 2.45) is 0 Å². The molecule has 10 heteroatoms. The fourth-order valence-corrected chi connectivity index (χ4v) is 2.91. The normalized spacial score (nSPS) is 10.9. The quantitative estimate of drug-likeness (QED) is 0.489. The van der Waals surface area contributed by atoms with Gasteiger partial charge in [0.25, 0.3) is 0 Å². The molecule has 0 bridgehead atoms. The van der Waals surface area contributed by atoms with Crippen LogP contribution in [0.1, 0.15) is 21.7 Å². The molecule has 126 valence electrons. The zero-order chi connectivity index (χ0) is 17.1. The summed E-state index contributed by atoms with van der Waals surface area (Å²) in [6.45, 7) is 2.43. The van der Waals surface area contributed by atoms with E-state index < -0.39 is 5.97 Å². The van der Waals surface area contributed by atoms with Gasteiger partial charge >= 0.3 is 5.97 Å². The van der Waals surface area contributed by atoms with Crippen LogP contribution in [0.4, 0.5) is 10.9 Å². The van der Waals surface area contributed by atoms with Gasteiger partial charge in [-0.15, -0.1) is 11.6 Å². The summed E-state index contributed by atoms with van der Waals surface area (Å²) < 4.78 is 7.37. The molecule has 0 saturated carbocycles. The maximum atomic E-state index is 10.9. The van der Waals surface area contributed by atoms with E-state index in [0.717, 1.165) is 28.8 Å². The number of carboxylic acids is 1. The Morgan fingerprint density at radius 2 is 2.33 bits per heavy atom. The Bertz CT molecular complexity index is 879. The Labute approximate surface area is 146 Å². The molecule has 0 aliphatic rings. The first-order valence-corrected chi connectivity index (χ1v) is 8.43. The fraction of sp³-hybridized carbons (Fsp3) is 0.286. The molecule has 8 nitrogen and oxygen atoms in total. The zero-order valence-electron chi connectivity index (χ0n) is 12.7. The molecule has 3 aromatic heterocycles. The molecule has 3 heterocycles. The molecule has 0 aliphatic carbocycles. The number of ether oxygens (including phenoxy) is 1. The molecule has 2 N–H and O–H groups in total. The maximum Gasteiger partial charge on any atom is 0.347 e. The van der Waals surface area contributed by atoms with E-state index in [-0.39, 0.29) is 4.88 Å². The minimum atomic E-state index is -1.01. The van der Waals surface area contributed by atoms with Gasteiger partial charge in [-0.2, -0.15) is 5.10 Å². The van der Waals surface area contributed by atoms with Crippen LogP contribution in [0.3, 0.4) is 0 Å². The summed E-state index contributed by atoms with van der Waals surface area (Å²) in [6.07, 6.45) is 5.24. The molecule has 3 aromatic rings. The SMILES string of the molecule is Cc1c(OCCCCl)cn2ncnc(Nc3ncc(C(=O)O)s3)c12. The molecular weight excluding hydrogens is 354 g/mol. The van der Waals surface area contributed by atoms with Gasteiger partial charge in [-0.3, -0.25) is 0 Å². The minimum Gasteiger partial charge on any atom is -0.492 e. The predicted octanol–water partition coefficient (Wildman–Crippen LogP) is 2.94. The number of aromatic carboxylic acids is 1. The second kappa shape index (κ2) is 7.02. The standard InChI is InChI=1S/C14H14ClN5O3S/c1-8-9(23-4-2-3-15)6-20-11(8)12(17-7-18-20)19-14-16-5-10(24-14)13(21)22/h5-7H,2-4H2,1H3,(H,21,22)(H,16,17,18,19). The molecule has 0 spiro atoms. The Kier molecular flexibility index (Phi) is 4.81. The number of hydrogen-bond acceptors (Lipinski definition) is 7. The number of aryl methyl sites for hydroxylation is 1. The number of carboxylic acid groups (broad SMARTS) is 1. The summed E-state index contributed by atoms with van der Waals surface area (Å²) in [5, 5.41) is 16.6. The number of hydrogen-bond donors (Lipinski definition) is 2. The van der Waals surface area contributed by atoms with Crippen molar-refractivity contribution in [3.8, 4) is 5.75 Å². The van der Waals surface area contributed by atoms with Crippen LogP contribution in [0.15, 0.2) is 18.7 Å². The summed E-state index contributed by atoms with van der Waals surface area (Å²) >= 11 is 6.70. The summed E-state index contributed by atoms with van der Waals surface area (Å²) in [5.74, 6) is 0.756. The molecule has 0 radical (unpaired) electrons. The van der Waals surface area contributed by atoms with Crippen LogP contribution in [0, 0.1) is 6.92 Å². The van der Waals surface area contributed by atoms with E-state index in [0.29, 0.717) is 29.2 Å². The lowest BCUT2D eigenvalue weighted by molar-refractivity contribution is 0.0702. The maximum absolute atomic E-state index is 10.9. The zero-order valence-corrected chi connectivity index (χ0v) is 14.3. The van der Waals surface area contributed by atoms with Gasteiger partial charge in [0.15, 0.2) is 10.9 Å². The second-order valence-corrected chi connectivity index (χ2v) is 6.28. The lowest BCUT2D eigenvalue weighted by Gasteiger charge is -2.05. The second-order valence-electron chi connectivity index (χ2n) is 4.87. The third kappa shape index (κ3) is 3.26. The van der Waals surface area contributed by atoms with Crippen molar-refractivity contribution < 1.29 is 14.6 Å². The van der Waals surface area contributed by atoms with Gasteiger partial charge in [0.1, 0.15) is 22.5 Å². The molecule has 0 saturated heterocycles. The first-order chi connectivity index (χ1) is 11.6. The van der Waals surface area contributed by atoms with Crippen LogP contribution in [0.2, 0.25) is 0 Å². The van der Waals surface area contributed by atoms with E-state index in [4.69, 9.17) is 21.4 Å². The van der Waals surface area contributed by atoms with E-state index in [9.17, 15) is 4.79 Å². The van der Waals surface area contributed by atoms with Gasteiger partial charge in [-0.1, -0.05) is 11.3 Å². The van der Waals surface area contributed by atoms with E-state index in [1.54, 1.807) is 10.7 Å². The molecule has 0 atom stereocenters. The van der Waals surface area contributed by atoms with Gasteiger partial charge in [0.2, 0.25) is 0 Å². The lowest BCUT2D eigenvalue weighted by atomic mass is 10.3. The molecule has 0 aromatic carbocycles. The summed E-state index contributed by atoms with van der Waals surface area (Å²) in [5.41, 5.74) is 1.62. The highest BCUT2D eigenvalue weighted by atomic mass is 35.5. The van der Waals surface area contributed by atoms with Crippen molar-refractivity contribution in [3.05, 3.63) is 29.2 Å². The van der Waals surface area contributed by atoms with Crippen LogP contribution >= 0.6 is 22.9 Å².